The summed E-state index contributed by atoms with van der Waals surface area (Å²) in [4.78, 5) is 25.0. The molecule has 0 aliphatic heterocycles. The number of ether oxygens (including phenoxy) is 2. The Morgan fingerprint density at radius 2 is 1.50 bits per heavy atom. The summed E-state index contributed by atoms with van der Waals surface area (Å²) in [6.45, 7) is 10.5. The van der Waals surface area contributed by atoms with Gasteiger partial charge in [0.25, 0.3) is 0 Å². The first-order valence-corrected chi connectivity index (χ1v) is 11.0. The Bertz CT molecular complexity index is 1060. The van der Waals surface area contributed by atoms with Gasteiger partial charge >= 0.3 is 19.2 Å². The van der Waals surface area contributed by atoms with Crippen molar-refractivity contribution in [2.45, 2.75) is 65.2 Å². The van der Waals surface area contributed by atoms with Crippen molar-refractivity contribution in [3.8, 4) is 11.8 Å². The van der Waals surface area contributed by atoms with Crippen LogP contribution in [-0.4, -0.2) is 46.5 Å². The van der Waals surface area contributed by atoms with Crippen molar-refractivity contribution in [2.24, 2.45) is 0 Å². The number of carbonyl (C=O) groups excluding carboxylic acids is 2. The summed E-state index contributed by atoms with van der Waals surface area (Å²) in [6, 6.07) is 13.1. The van der Waals surface area contributed by atoms with Gasteiger partial charge in [-0.1, -0.05) is 36.1 Å². The number of amides is 1. The molecule has 0 bridgehead atoms. The number of hydrogen-bond donors (Lipinski definition) is 3. The minimum atomic E-state index is -1.55. The van der Waals surface area contributed by atoms with Gasteiger partial charge in [0.05, 0.1) is 0 Å². The molecule has 2 aromatic carbocycles. The van der Waals surface area contributed by atoms with Crippen molar-refractivity contribution in [3.63, 3.8) is 0 Å². The number of carbonyl (C=O) groups is 2. The Hall–Kier alpha value is -3.28. The maximum Gasteiger partial charge on any atom is 0.488 e. The van der Waals surface area contributed by atoms with E-state index >= 15 is 0 Å². The Balaban J connectivity index is 2.15. The second kappa shape index (κ2) is 11.2. The van der Waals surface area contributed by atoms with Crippen molar-refractivity contribution in [3.05, 3.63) is 65.2 Å². The molecular weight excluding hydrogens is 433 g/mol. The predicted molar refractivity (Wildman–Crippen MR) is 131 cm³/mol. The summed E-state index contributed by atoms with van der Waals surface area (Å²) in [6.07, 6.45) is -0.473. The van der Waals surface area contributed by atoms with E-state index in [-0.39, 0.29) is 6.42 Å². The van der Waals surface area contributed by atoms with Crippen LogP contribution in [0.2, 0.25) is 0 Å². The van der Waals surface area contributed by atoms with E-state index < -0.39 is 36.4 Å². The third kappa shape index (κ3) is 9.69. The fourth-order valence-corrected chi connectivity index (χ4v) is 2.90. The summed E-state index contributed by atoms with van der Waals surface area (Å²) < 4.78 is 10.8. The fourth-order valence-electron chi connectivity index (χ4n) is 2.90. The molecule has 1 atom stereocenters. The number of benzene rings is 2. The molecule has 8 heteroatoms. The molecule has 0 radical (unpaired) electrons. The molecule has 3 N–H and O–H groups in total. The van der Waals surface area contributed by atoms with Gasteiger partial charge in [0.15, 0.2) is 0 Å². The Kier molecular flexibility index (Phi) is 8.91. The lowest BCUT2D eigenvalue weighted by molar-refractivity contribution is -0.157. The topological polar surface area (TPSA) is 105 Å². The van der Waals surface area contributed by atoms with Crippen molar-refractivity contribution >= 4 is 24.6 Å². The van der Waals surface area contributed by atoms with Crippen molar-refractivity contribution < 1.29 is 29.1 Å². The largest absolute Gasteiger partial charge is 0.488 e. The van der Waals surface area contributed by atoms with Crippen LogP contribution in [0.4, 0.5) is 4.79 Å². The van der Waals surface area contributed by atoms with Gasteiger partial charge in [0.2, 0.25) is 0 Å². The lowest BCUT2D eigenvalue weighted by Gasteiger charge is -2.26. The number of nitrogens with one attached hydrogen (secondary N) is 1. The van der Waals surface area contributed by atoms with Crippen molar-refractivity contribution in [2.75, 3.05) is 0 Å². The van der Waals surface area contributed by atoms with Gasteiger partial charge in [-0.25, -0.2) is 9.59 Å². The second-order valence-electron chi connectivity index (χ2n) is 9.88. The van der Waals surface area contributed by atoms with Crippen LogP contribution in [0.3, 0.4) is 0 Å². The number of alkyl carbamates (subject to hydrolysis) is 1. The summed E-state index contributed by atoms with van der Waals surface area (Å²) in [5.74, 6) is 5.47. The summed E-state index contributed by atoms with van der Waals surface area (Å²) in [5, 5.41) is 21.2. The average Bonchev–Trinajstić information content (AvgIpc) is 2.70. The highest BCUT2D eigenvalue weighted by molar-refractivity contribution is 6.58. The first-order valence-electron chi connectivity index (χ1n) is 11.0. The molecule has 0 aliphatic carbocycles. The molecule has 0 aromatic heterocycles. The van der Waals surface area contributed by atoms with Crippen LogP contribution in [0.1, 0.15) is 58.2 Å². The van der Waals surface area contributed by atoms with Gasteiger partial charge in [-0.3, -0.25) is 0 Å². The van der Waals surface area contributed by atoms with E-state index in [1.54, 1.807) is 65.8 Å². The van der Waals surface area contributed by atoms with Crippen LogP contribution in [0.5, 0.6) is 0 Å². The van der Waals surface area contributed by atoms with Crippen LogP contribution in [-0.2, 0) is 20.7 Å². The zero-order valence-corrected chi connectivity index (χ0v) is 20.5. The monoisotopic (exact) mass is 465 g/mol. The van der Waals surface area contributed by atoms with Gasteiger partial charge in [0.1, 0.15) is 17.2 Å². The fraction of sp³-hybridized carbons (Fsp3) is 0.385. The molecule has 0 unspecified atom stereocenters. The second-order valence-corrected chi connectivity index (χ2v) is 9.88. The summed E-state index contributed by atoms with van der Waals surface area (Å²) >= 11 is 0. The third-order valence-corrected chi connectivity index (χ3v) is 4.31. The van der Waals surface area contributed by atoms with E-state index in [1.165, 1.54) is 0 Å². The molecule has 1 amide bonds. The SMILES string of the molecule is CC(C)(C)OC(=O)N[C@@H](Cc1ccc(C#Cc2cccc(B(O)O)c2)cc1)C(=O)OC(C)(C)C. The quantitative estimate of drug-likeness (QED) is 0.356. The third-order valence-electron chi connectivity index (χ3n) is 4.31. The molecule has 0 heterocycles. The Morgan fingerprint density at radius 1 is 0.912 bits per heavy atom. The van der Waals surface area contributed by atoms with Crippen LogP contribution in [0.25, 0.3) is 0 Å². The zero-order chi connectivity index (χ0) is 25.5. The van der Waals surface area contributed by atoms with Crippen molar-refractivity contribution in [1.82, 2.24) is 5.32 Å². The van der Waals surface area contributed by atoms with E-state index in [0.29, 0.717) is 11.0 Å². The average molecular weight is 465 g/mol. The van der Waals surface area contributed by atoms with Gasteiger partial charge in [0, 0.05) is 17.5 Å². The minimum absolute atomic E-state index is 0.221. The molecule has 7 nitrogen and oxygen atoms in total. The van der Waals surface area contributed by atoms with Crippen LogP contribution in [0.15, 0.2) is 48.5 Å². The highest BCUT2D eigenvalue weighted by atomic mass is 16.6. The smallest absolute Gasteiger partial charge is 0.458 e. The maximum absolute atomic E-state index is 12.7. The van der Waals surface area contributed by atoms with Gasteiger partial charge in [-0.15, -0.1) is 0 Å². The number of rotatable bonds is 5. The number of hydrogen-bond acceptors (Lipinski definition) is 6. The first-order chi connectivity index (χ1) is 15.7. The van der Waals surface area contributed by atoms with Crippen LogP contribution >= 0.6 is 0 Å². The van der Waals surface area contributed by atoms with E-state index in [1.807, 2.05) is 24.3 Å². The van der Waals surface area contributed by atoms with E-state index in [4.69, 9.17) is 9.47 Å². The number of esters is 1. The normalized spacial score (nSPS) is 12.1. The molecule has 34 heavy (non-hydrogen) atoms. The first kappa shape index (κ1) is 27.0. The molecule has 0 spiro atoms. The lowest BCUT2D eigenvalue weighted by atomic mass is 9.80. The lowest BCUT2D eigenvalue weighted by Crippen LogP contribution is -2.47. The van der Waals surface area contributed by atoms with E-state index in [2.05, 4.69) is 17.2 Å². The molecular formula is C26H32BNO6. The molecule has 180 valence electrons. The standard InChI is InChI=1S/C26H32BNO6/c1-25(2,3)33-23(29)22(28-24(30)34-26(4,5)6)17-20-14-11-18(12-15-20)10-13-19-8-7-9-21(16-19)27(31)32/h7-9,11-12,14-16,22,31-32H,17H2,1-6H3,(H,28,30)/t22-/m0/s1. The van der Waals surface area contributed by atoms with Crippen LogP contribution in [0, 0.1) is 11.8 Å². The zero-order valence-electron chi connectivity index (χ0n) is 20.5. The molecule has 2 aromatic rings. The van der Waals surface area contributed by atoms with E-state index in [0.717, 1.165) is 11.1 Å². The molecule has 0 saturated heterocycles. The highest BCUT2D eigenvalue weighted by Gasteiger charge is 2.28. The molecule has 0 aliphatic rings. The predicted octanol–water partition coefficient (Wildman–Crippen LogP) is 2.54. The van der Waals surface area contributed by atoms with Crippen molar-refractivity contribution in [1.29, 1.82) is 0 Å². The van der Waals surface area contributed by atoms with Gasteiger partial charge < -0.3 is 24.8 Å². The summed E-state index contributed by atoms with van der Waals surface area (Å²) in [7, 11) is -1.55. The maximum atomic E-state index is 12.7. The highest BCUT2D eigenvalue weighted by Crippen LogP contribution is 2.14. The minimum Gasteiger partial charge on any atom is -0.458 e. The summed E-state index contributed by atoms with van der Waals surface area (Å²) in [5.41, 5.74) is 1.18. The van der Waals surface area contributed by atoms with Crippen LogP contribution < -0.4 is 10.8 Å². The van der Waals surface area contributed by atoms with Gasteiger partial charge in [-0.05, 0) is 76.8 Å². The Labute approximate surface area is 201 Å². The van der Waals surface area contributed by atoms with E-state index in [9.17, 15) is 19.6 Å². The Morgan fingerprint density at radius 3 is 2.06 bits per heavy atom. The molecule has 2 rings (SSSR count). The van der Waals surface area contributed by atoms with Gasteiger partial charge in [-0.2, -0.15) is 0 Å². The molecule has 0 fully saturated rings. The molecule has 0 saturated carbocycles.